The molecular weight excluding hydrogens is 1160 g/mol. The van der Waals surface area contributed by atoms with Crippen molar-refractivity contribution < 1.29 is 52.3 Å². The van der Waals surface area contributed by atoms with Gasteiger partial charge in [-0.05, 0) is 76.8 Å². The van der Waals surface area contributed by atoms with Gasteiger partial charge in [-0.25, -0.2) is 15.0 Å². The third-order valence-electron chi connectivity index (χ3n) is 15.8. The number of para-hydroxylation sites is 1. The molecule has 1 atom stereocenters. The molecule has 3 aromatic heterocycles. The summed E-state index contributed by atoms with van der Waals surface area (Å²) in [6.07, 6.45) is 13.9. The molecule has 492 valence electrons. The standard InChI is InChI=1S/C66H92N14O11/c1-10-55-64(83)79(7)58-45-69-66(74-62(58)80(55)48-16-11-12-17-48)72-52-22-21-47(42-59(52)84-8)63(82)67-25-30-86-32-34-88-36-38-90-40-41-91-39-37-89-35-33-87-31-29-76(4)26-15-20-61(81)70-53-43-54(60(85-9)44-57(53)77(5)28-27-75(2)3)73-65-68-24-23-51(71-65)50-46-78(6)56-19-14-13-18-49(50)56/h13-15,18-24,42-46,48,55H,10-12,16-17,25-41H2,1-9H3,(H,67,82)(H,70,81)(H,68,71,73)(H,69,72,74)/b20-15+/t55-/m1/s1. The number of methoxy groups -OCH3 is 2. The average Bonchev–Trinajstić information content (AvgIpc) is 1.50. The van der Waals surface area contributed by atoms with E-state index in [1.54, 1.807) is 62.8 Å². The third-order valence-corrected chi connectivity index (χ3v) is 15.8. The number of amides is 3. The number of nitrogens with zero attached hydrogens (tertiary/aromatic N) is 10. The molecule has 8 rings (SSSR count). The normalized spacial score (nSPS) is 14.3. The summed E-state index contributed by atoms with van der Waals surface area (Å²) in [5.74, 6) is 2.07. The molecule has 0 spiro atoms. The van der Waals surface area contributed by atoms with Gasteiger partial charge >= 0.3 is 0 Å². The van der Waals surface area contributed by atoms with E-state index in [-0.39, 0.29) is 29.8 Å². The van der Waals surface area contributed by atoms with E-state index in [0.29, 0.717) is 164 Å². The van der Waals surface area contributed by atoms with Crippen LogP contribution in [0.2, 0.25) is 0 Å². The number of benzene rings is 3. The van der Waals surface area contributed by atoms with Crippen molar-refractivity contribution in [2.75, 3.05) is 192 Å². The van der Waals surface area contributed by atoms with Crippen molar-refractivity contribution in [3.8, 4) is 22.8 Å². The quantitative estimate of drug-likeness (QED) is 0.0217. The molecule has 2 aliphatic rings. The summed E-state index contributed by atoms with van der Waals surface area (Å²) in [4.78, 5) is 68.8. The number of carbonyl (C=O) groups is 3. The second-order valence-electron chi connectivity index (χ2n) is 22.5. The Balaban J connectivity index is 0.630. The van der Waals surface area contributed by atoms with E-state index in [2.05, 4.69) is 73.7 Å². The number of nitrogens with one attached hydrogen (secondary N) is 4. The molecule has 0 radical (unpaired) electrons. The third kappa shape index (κ3) is 19.7. The molecular formula is C66H92N14O11. The maximum absolute atomic E-state index is 13.4. The minimum atomic E-state index is -0.273. The van der Waals surface area contributed by atoms with Gasteiger partial charge in [-0.1, -0.05) is 44.0 Å². The molecule has 0 unspecified atom stereocenters. The molecule has 1 fully saturated rings. The van der Waals surface area contributed by atoms with E-state index in [1.807, 2.05) is 78.6 Å². The molecule has 3 amide bonds. The van der Waals surface area contributed by atoms with Crippen LogP contribution < -0.4 is 45.4 Å². The predicted molar refractivity (Wildman–Crippen MR) is 355 cm³/mol. The molecule has 4 N–H and O–H groups in total. The van der Waals surface area contributed by atoms with Crippen LogP contribution in [0.4, 0.5) is 46.2 Å². The topological polar surface area (TPSA) is 246 Å². The highest BCUT2D eigenvalue weighted by atomic mass is 16.6. The van der Waals surface area contributed by atoms with Crippen molar-refractivity contribution in [3.05, 3.63) is 97.0 Å². The van der Waals surface area contributed by atoms with Crippen LogP contribution in [-0.2, 0) is 45.1 Å². The minimum Gasteiger partial charge on any atom is -0.495 e. The van der Waals surface area contributed by atoms with Gasteiger partial charge in [0.25, 0.3) is 5.91 Å². The zero-order valence-electron chi connectivity index (χ0n) is 54.3. The minimum absolute atomic E-state index is 0.0594. The number of anilines is 8. The molecule has 91 heavy (non-hydrogen) atoms. The number of hydrogen-bond donors (Lipinski definition) is 4. The first-order valence-corrected chi connectivity index (χ1v) is 31.3. The van der Waals surface area contributed by atoms with E-state index >= 15 is 0 Å². The number of rotatable bonds is 39. The van der Waals surface area contributed by atoms with E-state index in [9.17, 15) is 14.4 Å². The first kappa shape index (κ1) is 68.9. The van der Waals surface area contributed by atoms with E-state index in [0.717, 1.165) is 65.9 Å². The van der Waals surface area contributed by atoms with Crippen LogP contribution in [0.3, 0.4) is 0 Å². The maximum Gasteiger partial charge on any atom is 0.251 e. The Morgan fingerprint density at radius 2 is 1.34 bits per heavy atom. The molecule has 0 saturated heterocycles. The lowest BCUT2D eigenvalue weighted by Gasteiger charge is -2.43. The first-order chi connectivity index (χ1) is 44.3. The number of carbonyl (C=O) groups excluding carboxylic acids is 3. The fourth-order valence-electron chi connectivity index (χ4n) is 10.8. The van der Waals surface area contributed by atoms with Gasteiger partial charge in [-0.2, -0.15) is 4.98 Å². The molecule has 0 bridgehead atoms. The monoisotopic (exact) mass is 1260 g/mol. The molecule has 3 aromatic carbocycles. The van der Waals surface area contributed by atoms with Gasteiger partial charge in [0.2, 0.25) is 23.7 Å². The number of aromatic nitrogens is 5. The highest BCUT2D eigenvalue weighted by Gasteiger charge is 2.41. The van der Waals surface area contributed by atoms with Crippen molar-refractivity contribution in [2.24, 2.45) is 7.05 Å². The summed E-state index contributed by atoms with van der Waals surface area (Å²) >= 11 is 0. The van der Waals surface area contributed by atoms with Gasteiger partial charge < -0.3 is 88.2 Å². The summed E-state index contributed by atoms with van der Waals surface area (Å²) in [5, 5.41) is 13.7. The van der Waals surface area contributed by atoms with Crippen LogP contribution >= 0.6 is 0 Å². The number of likely N-dealkylation sites (N-methyl/N-ethyl adjacent to an activating group) is 4. The lowest BCUT2D eigenvalue weighted by atomic mass is 10.0. The lowest BCUT2D eigenvalue weighted by Crippen LogP contribution is -2.55. The van der Waals surface area contributed by atoms with E-state index < -0.39 is 0 Å². The van der Waals surface area contributed by atoms with Crippen molar-refractivity contribution in [2.45, 2.75) is 51.1 Å². The van der Waals surface area contributed by atoms with E-state index in [4.69, 9.17) is 47.9 Å². The Bertz CT molecular complexity index is 3320. The second-order valence-corrected chi connectivity index (χ2v) is 22.5. The Kier molecular flexibility index (Phi) is 26.9. The Labute approximate surface area is 534 Å². The lowest BCUT2D eigenvalue weighted by molar-refractivity contribution is -0.120. The zero-order chi connectivity index (χ0) is 64.5. The Morgan fingerprint density at radius 1 is 0.703 bits per heavy atom. The fourth-order valence-corrected chi connectivity index (χ4v) is 10.8. The van der Waals surface area contributed by atoms with Crippen LogP contribution in [0.25, 0.3) is 22.2 Å². The number of hydrogen-bond acceptors (Lipinski definition) is 21. The zero-order valence-corrected chi connectivity index (χ0v) is 54.3. The highest BCUT2D eigenvalue weighted by Crippen LogP contribution is 2.42. The second kappa shape index (κ2) is 35.6. The van der Waals surface area contributed by atoms with Crippen LogP contribution in [0.15, 0.2) is 91.4 Å². The molecule has 1 saturated carbocycles. The molecule has 25 heteroatoms. The van der Waals surface area contributed by atoms with Gasteiger partial charge in [-0.15, -0.1) is 0 Å². The van der Waals surface area contributed by atoms with Crippen molar-refractivity contribution in [3.63, 3.8) is 0 Å². The Hall–Kier alpha value is -8.01. The number of ether oxygens (including phenoxy) is 8. The van der Waals surface area contributed by atoms with Gasteiger partial charge in [0.15, 0.2) is 5.82 Å². The maximum atomic E-state index is 13.4. The predicted octanol–water partition coefficient (Wildman–Crippen LogP) is 7.39. The van der Waals surface area contributed by atoms with Gasteiger partial charge in [0, 0.05) is 106 Å². The van der Waals surface area contributed by atoms with Gasteiger partial charge in [0.05, 0.1) is 128 Å². The number of aryl methyl sites for hydroxylation is 1. The molecule has 6 aromatic rings. The first-order valence-electron chi connectivity index (χ1n) is 31.3. The summed E-state index contributed by atoms with van der Waals surface area (Å²) in [6, 6.07) is 19.0. The van der Waals surface area contributed by atoms with Crippen molar-refractivity contribution in [1.29, 1.82) is 0 Å². The molecule has 1 aliphatic heterocycles. The average molecular weight is 1260 g/mol. The summed E-state index contributed by atoms with van der Waals surface area (Å²) in [5.41, 5.74) is 6.61. The summed E-state index contributed by atoms with van der Waals surface area (Å²) < 4.78 is 47.5. The van der Waals surface area contributed by atoms with Crippen LogP contribution in [0.5, 0.6) is 11.5 Å². The SMILES string of the molecule is CC[C@@H]1C(=O)N(C)c2cnc(Nc3ccc(C(=O)NCCOCCOCCOCCOCCOCCOCCN(C)C/C=C/C(=O)Nc4cc(Nc5nccc(-c6cn(C)c7ccccc67)n5)c(OC)cc4N(C)CCN(C)C)cc3OC)nc2N1C1CCCC1. The fraction of sp³-hybridized carbons (Fsp3) is 0.500. The highest BCUT2D eigenvalue weighted by molar-refractivity contribution is 6.05. The van der Waals surface area contributed by atoms with Crippen molar-refractivity contribution in [1.82, 2.24) is 39.6 Å². The largest absolute Gasteiger partial charge is 0.495 e. The molecule has 1 aliphatic carbocycles. The summed E-state index contributed by atoms with van der Waals surface area (Å²) in [6.45, 7) is 10.2. The smallest absolute Gasteiger partial charge is 0.251 e. The summed E-state index contributed by atoms with van der Waals surface area (Å²) in [7, 11) is 15.0. The van der Waals surface area contributed by atoms with Crippen LogP contribution in [0, 0.1) is 0 Å². The van der Waals surface area contributed by atoms with Gasteiger partial charge in [-0.3, -0.25) is 14.4 Å². The molecule has 25 nitrogen and oxygen atoms in total. The van der Waals surface area contributed by atoms with Gasteiger partial charge in [0.1, 0.15) is 23.2 Å². The Morgan fingerprint density at radius 3 is 2.01 bits per heavy atom. The number of fused-ring (bicyclic) bond motifs is 2. The van der Waals surface area contributed by atoms with E-state index in [1.165, 1.54) is 0 Å². The van der Waals surface area contributed by atoms with Crippen LogP contribution in [0.1, 0.15) is 49.4 Å². The van der Waals surface area contributed by atoms with Crippen LogP contribution in [-0.4, -0.2) is 226 Å². The molecule has 4 heterocycles. The van der Waals surface area contributed by atoms with Crippen molar-refractivity contribution >= 4 is 74.8 Å².